The van der Waals surface area contributed by atoms with Crippen LogP contribution in [0.1, 0.15) is 24.8 Å². The fraction of sp³-hybridized carbons (Fsp3) is 0.409. The number of nitrogens with zero attached hydrogens (tertiary/aromatic N) is 2. The number of aliphatic hydroxyl groups is 1. The van der Waals surface area contributed by atoms with E-state index in [4.69, 9.17) is 11.6 Å². The number of aliphatic hydroxyl groups excluding tert-OH is 1. The number of hydrogen-bond donors (Lipinski definition) is 4. The van der Waals surface area contributed by atoms with Crippen molar-refractivity contribution in [2.75, 3.05) is 29.6 Å². The van der Waals surface area contributed by atoms with Crippen LogP contribution >= 0.6 is 11.6 Å². The summed E-state index contributed by atoms with van der Waals surface area (Å²) < 4.78 is 39.4. The molecule has 13 heteroatoms. The summed E-state index contributed by atoms with van der Waals surface area (Å²) in [6.07, 6.45) is 3.09. The molecule has 1 aliphatic carbocycles. The van der Waals surface area contributed by atoms with E-state index >= 15 is 0 Å². The lowest BCUT2D eigenvalue weighted by Gasteiger charge is -2.35. The van der Waals surface area contributed by atoms with Gasteiger partial charge in [-0.3, -0.25) is 10.1 Å². The minimum atomic E-state index is -3.31. The molecule has 2 fully saturated rings. The van der Waals surface area contributed by atoms with E-state index in [1.165, 1.54) is 11.1 Å². The van der Waals surface area contributed by atoms with Gasteiger partial charge in [-0.15, -0.1) is 0 Å². The second kappa shape index (κ2) is 9.69. The third kappa shape index (κ3) is 6.07. The Kier molecular flexibility index (Phi) is 7.00. The van der Waals surface area contributed by atoms with E-state index in [1.54, 1.807) is 12.1 Å². The number of benzene rings is 1. The molecule has 2 atom stereocenters. The van der Waals surface area contributed by atoms with Crippen molar-refractivity contribution in [2.45, 2.75) is 36.8 Å². The van der Waals surface area contributed by atoms with E-state index < -0.39 is 39.9 Å². The molecule has 0 bridgehead atoms. The second-order valence-electron chi connectivity index (χ2n) is 8.89. The van der Waals surface area contributed by atoms with Gasteiger partial charge in [-0.05, 0) is 36.6 Å². The van der Waals surface area contributed by atoms with Gasteiger partial charge in [0.05, 0.1) is 23.9 Å². The van der Waals surface area contributed by atoms with E-state index in [0.29, 0.717) is 12.2 Å². The van der Waals surface area contributed by atoms with Crippen LogP contribution in [0.3, 0.4) is 0 Å². The van der Waals surface area contributed by atoms with Crippen LogP contribution in [-0.4, -0.2) is 61.9 Å². The number of piperidine rings is 1. The van der Waals surface area contributed by atoms with E-state index in [-0.39, 0.29) is 29.2 Å². The molecule has 1 aromatic heterocycles. The minimum absolute atomic E-state index is 0.00234. The van der Waals surface area contributed by atoms with Gasteiger partial charge in [0, 0.05) is 30.3 Å². The molecule has 3 amide bonds. The Morgan fingerprint density at radius 2 is 2.00 bits per heavy atom. The first-order chi connectivity index (χ1) is 16.5. The number of carbonyl (C=O) groups excluding carboxylic acids is 2. The first-order valence-electron chi connectivity index (χ1n) is 10.9. The predicted octanol–water partition coefficient (Wildman–Crippen LogP) is 1.74. The highest BCUT2D eigenvalue weighted by atomic mass is 35.5. The van der Waals surface area contributed by atoms with Gasteiger partial charge in [0.1, 0.15) is 6.04 Å². The van der Waals surface area contributed by atoms with Crippen LogP contribution in [0.25, 0.3) is 0 Å². The van der Waals surface area contributed by atoms with Crippen LogP contribution in [0, 0.1) is 5.82 Å². The molecule has 0 spiro atoms. The van der Waals surface area contributed by atoms with Gasteiger partial charge in [0.15, 0.2) is 11.6 Å². The van der Waals surface area contributed by atoms with Gasteiger partial charge >= 0.3 is 6.03 Å². The number of sulfonamides is 1. The Balaban J connectivity index is 1.43. The normalized spacial score (nSPS) is 21.5. The molecule has 2 aromatic rings. The molecular formula is C22H25ClFN5O5S. The summed E-state index contributed by atoms with van der Waals surface area (Å²) in [6.45, 7) is 0.350. The van der Waals surface area contributed by atoms with Crippen molar-refractivity contribution in [3.63, 3.8) is 0 Å². The zero-order valence-corrected chi connectivity index (χ0v) is 20.4. The maximum Gasteiger partial charge on any atom is 0.321 e. The number of carbonyl (C=O) groups is 2. The summed E-state index contributed by atoms with van der Waals surface area (Å²) in [6, 6.07) is 6.24. The smallest absolute Gasteiger partial charge is 0.321 e. The Morgan fingerprint density at radius 3 is 2.60 bits per heavy atom. The zero-order valence-electron chi connectivity index (χ0n) is 18.8. The van der Waals surface area contributed by atoms with Crippen LogP contribution in [0.4, 0.5) is 20.7 Å². The van der Waals surface area contributed by atoms with Crippen molar-refractivity contribution in [1.29, 1.82) is 0 Å². The lowest BCUT2D eigenvalue weighted by atomic mass is 9.95. The maximum atomic E-state index is 13.9. The first kappa shape index (κ1) is 25.3. The molecule has 35 heavy (non-hydrogen) atoms. The summed E-state index contributed by atoms with van der Waals surface area (Å²) in [5.74, 6) is -1.60. The molecule has 1 aliphatic heterocycles. The van der Waals surface area contributed by atoms with Gasteiger partial charge < -0.3 is 15.3 Å². The first-order valence-corrected chi connectivity index (χ1v) is 13.2. The van der Waals surface area contributed by atoms with Crippen molar-refractivity contribution >= 4 is 45.1 Å². The quantitative estimate of drug-likeness (QED) is 0.434. The fourth-order valence-corrected chi connectivity index (χ4v) is 4.76. The van der Waals surface area contributed by atoms with Gasteiger partial charge in [-0.1, -0.05) is 23.7 Å². The molecule has 0 unspecified atom stereocenters. The van der Waals surface area contributed by atoms with Crippen LogP contribution < -0.4 is 20.3 Å². The fourth-order valence-electron chi connectivity index (χ4n) is 4.08. The number of anilines is 2. The topological polar surface area (TPSA) is 141 Å². The van der Waals surface area contributed by atoms with E-state index in [0.717, 1.165) is 30.7 Å². The number of nitrogens with one attached hydrogen (secondary N) is 3. The lowest BCUT2D eigenvalue weighted by Crippen LogP contribution is -2.57. The largest absolute Gasteiger partial charge is 0.391 e. The summed E-state index contributed by atoms with van der Waals surface area (Å²) >= 11 is 5.65. The van der Waals surface area contributed by atoms with E-state index in [1.807, 2.05) is 12.1 Å². The lowest BCUT2D eigenvalue weighted by molar-refractivity contribution is -0.123. The maximum absolute atomic E-state index is 13.9. The molecule has 1 aromatic carbocycles. The van der Waals surface area contributed by atoms with Crippen LogP contribution in [-0.2, 0) is 20.2 Å². The number of aromatic nitrogens is 1. The summed E-state index contributed by atoms with van der Waals surface area (Å²) in [4.78, 5) is 30.5. The molecule has 4 N–H and O–H groups in total. The minimum Gasteiger partial charge on any atom is -0.391 e. The molecule has 2 aliphatic rings. The SMILES string of the molecule is CS(=O)(=O)NCC1(c2ccc(N3C[C@H](O)C[C@@H](NC(=O)Nc4ncc(Cl)cc4F)C3=O)cc2)CC1. The van der Waals surface area contributed by atoms with E-state index in [9.17, 15) is 27.5 Å². The Morgan fingerprint density at radius 1 is 1.31 bits per heavy atom. The van der Waals surface area contributed by atoms with E-state index in [2.05, 4.69) is 20.3 Å². The Hall–Kier alpha value is -2.80. The second-order valence-corrected chi connectivity index (χ2v) is 11.2. The Bertz CT molecular complexity index is 1240. The van der Waals surface area contributed by atoms with Crippen LogP contribution in [0.15, 0.2) is 36.5 Å². The van der Waals surface area contributed by atoms with Gasteiger partial charge in [-0.25, -0.2) is 27.3 Å². The van der Waals surface area contributed by atoms with Crippen molar-refractivity contribution in [3.05, 3.63) is 52.9 Å². The average molecular weight is 526 g/mol. The molecular weight excluding hydrogens is 501 g/mol. The number of pyridine rings is 1. The molecule has 10 nitrogen and oxygen atoms in total. The zero-order chi connectivity index (χ0) is 25.4. The summed E-state index contributed by atoms with van der Waals surface area (Å²) in [7, 11) is -3.31. The van der Waals surface area contributed by atoms with Crippen molar-refractivity contribution < 1.29 is 27.5 Å². The molecule has 1 saturated carbocycles. The monoisotopic (exact) mass is 525 g/mol. The highest BCUT2D eigenvalue weighted by Gasteiger charge is 2.44. The third-order valence-electron chi connectivity index (χ3n) is 6.13. The number of β-amino-alcohol motifs (C(OH)–C–C–N with tert-alkyl or cyclic N) is 1. The molecule has 0 radical (unpaired) electrons. The summed E-state index contributed by atoms with van der Waals surface area (Å²) in [5, 5.41) is 15.1. The number of rotatable bonds is 7. The Labute approximate surface area is 206 Å². The molecule has 4 rings (SSSR count). The standard InChI is InChI=1S/C22H25ClFN5O5S/c1-35(33,34)26-12-22(6-7-22)13-2-4-15(5-3-13)29-11-16(30)9-18(20(29)31)27-21(32)28-19-17(24)8-14(23)10-25-19/h2-5,8,10,16,18,26,30H,6-7,9,11-12H2,1H3,(H2,25,27,28,32)/t16-,18-/m1/s1. The van der Waals surface area contributed by atoms with Crippen molar-refractivity contribution in [2.24, 2.45) is 0 Å². The predicted molar refractivity (Wildman–Crippen MR) is 128 cm³/mol. The molecule has 2 heterocycles. The average Bonchev–Trinajstić information content (AvgIpc) is 3.58. The number of urea groups is 1. The van der Waals surface area contributed by atoms with Gasteiger partial charge in [0.2, 0.25) is 15.9 Å². The number of halogens is 2. The number of hydrogen-bond acceptors (Lipinski definition) is 6. The molecule has 188 valence electrons. The van der Waals surface area contributed by atoms with Gasteiger partial charge in [-0.2, -0.15) is 0 Å². The highest BCUT2D eigenvalue weighted by Crippen LogP contribution is 2.48. The van der Waals surface area contributed by atoms with Crippen LogP contribution in [0.5, 0.6) is 0 Å². The van der Waals surface area contributed by atoms with Gasteiger partial charge in [0.25, 0.3) is 0 Å². The van der Waals surface area contributed by atoms with Crippen LogP contribution in [0.2, 0.25) is 5.02 Å². The third-order valence-corrected chi connectivity index (χ3v) is 7.00. The number of amides is 3. The van der Waals surface area contributed by atoms with Crippen molar-refractivity contribution in [1.82, 2.24) is 15.0 Å². The molecule has 1 saturated heterocycles. The summed E-state index contributed by atoms with van der Waals surface area (Å²) in [5.41, 5.74) is 1.22. The highest BCUT2D eigenvalue weighted by molar-refractivity contribution is 7.88. The van der Waals surface area contributed by atoms with Crippen molar-refractivity contribution in [3.8, 4) is 0 Å².